The average Bonchev–Trinajstić information content (AvgIpc) is 2.54. The van der Waals surface area contributed by atoms with E-state index in [1.807, 2.05) is 38.1 Å². The van der Waals surface area contributed by atoms with Gasteiger partial charge >= 0.3 is 0 Å². The van der Waals surface area contributed by atoms with Crippen LogP contribution in [-0.2, 0) is 14.8 Å². The molecule has 128 valence electrons. The van der Waals surface area contributed by atoms with E-state index in [-0.39, 0.29) is 12.5 Å². The lowest BCUT2D eigenvalue weighted by molar-refractivity contribution is -0.116. The number of rotatable bonds is 5. The van der Waals surface area contributed by atoms with Gasteiger partial charge in [-0.3, -0.25) is 9.10 Å². The van der Waals surface area contributed by atoms with Crippen LogP contribution in [0.15, 0.2) is 48.5 Å². The lowest BCUT2D eigenvalue weighted by Gasteiger charge is -2.25. The zero-order valence-electron chi connectivity index (χ0n) is 14.4. The van der Waals surface area contributed by atoms with Crippen molar-refractivity contribution in [3.8, 4) is 0 Å². The number of benzene rings is 2. The van der Waals surface area contributed by atoms with Gasteiger partial charge in [0.05, 0.1) is 11.9 Å². The molecule has 0 fully saturated rings. The maximum absolute atomic E-state index is 12.5. The summed E-state index contributed by atoms with van der Waals surface area (Å²) in [5.74, 6) is -0.301. The number of hydrogen-bond acceptors (Lipinski definition) is 3. The molecule has 1 amide bonds. The Balaban J connectivity index is 2.30. The molecule has 0 heterocycles. The summed E-state index contributed by atoms with van der Waals surface area (Å²) in [6.07, 6.45) is 1.11. The number of anilines is 2. The summed E-state index contributed by atoms with van der Waals surface area (Å²) in [6.45, 7) is 3.63. The van der Waals surface area contributed by atoms with Crippen LogP contribution in [0.25, 0.3) is 0 Å². The molecule has 0 aromatic heterocycles. The Bertz CT molecular complexity index is 833. The Labute approximate surface area is 143 Å². The predicted molar refractivity (Wildman–Crippen MR) is 98.0 cm³/mol. The number of para-hydroxylation sites is 1. The first kappa shape index (κ1) is 18.0. The summed E-state index contributed by atoms with van der Waals surface area (Å²) in [6, 6.07) is 14.5. The molecule has 0 atom stereocenters. The molecule has 0 aliphatic carbocycles. The minimum Gasteiger partial charge on any atom is -0.314 e. The normalized spacial score (nSPS) is 11.2. The lowest BCUT2D eigenvalue weighted by Crippen LogP contribution is -2.41. The Morgan fingerprint density at radius 3 is 2.12 bits per heavy atom. The highest BCUT2D eigenvalue weighted by Crippen LogP contribution is 2.22. The van der Waals surface area contributed by atoms with Crippen LogP contribution in [0.2, 0.25) is 0 Å². The summed E-state index contributed by atoms with van der Waals surface area (Å²) >= 11 is 0. The molecule has 0 saturated heterocycles. The quantitative estimate of drug-likeness (QED) is 0.836. The highest BCUT2D eigenvalue weighted by Gasteiger charge is 2.23. The Morgan fingerprint density at radius 2 is 1.58 bits per heavy atom. The zero-order chi connectivity index (χ0) is 17.9. The second kappa shape index (κ2) is 7.05. The molecule has 0 unspecified atom stereocenters. The molecule has 0 aliphatic heterocycles. The molecule has 2 rings (SSSR count). The van der Waals surface area contributed by atoms with Crippen molar-refractivity contribution in [2.45, 2.75) is 13.8 Å². The van der Waals surface area contributed by atoms with E-state index in [0.29, 0.717) is 5.69 Å². The van der Waals surface area contributed by atoms with Crippen LogP contribution in [0.4, 0.5) is 11.4 Å². The summed E-state index contributed by atoms with van der Waals surface area (Å²) in [5, 5.41) is 0. The van der Waals surface area contributed by atoms with Gasteiger partial charge in [-0.1, -0.05) is 24.3 Å². The molecule has 0 bridgehead atoms. The fraction of sp³-hybridized carbons (Fsp3) is 0.278. The number of sulfonamides is 1. The van der Waals surface area contributed by atoms with Gasteiger partial charge in [0.2, 0.25) is 15.9 Å². The summed E-state index contributed by atoms with van der Waals surface area (Å²) < 4.78 is 25.5. The van der Waals surface area contributed by atoms with Gasteiger partial charge in [-0.25, -0.2) is 8.42 Å². The first-order valence-electron chi connectivity index (χ1n) is 7.56. The van der Waals surface area contributed by atoms with Gasteiger partial charge in [0.15, 0.2) is 0 Å². The number of aryl methyl sites for hydroxylation is 2. The first-order chi connectivity index (χ1) is 11.2. The molecule has 5 nitrogen and oxygen atoms in total. The maximum atomic E-state index is 12.5. The van der Waals surface area contributed by atoms with E-state index in [2.05, 4.69) is 0 Å². The smallest absolute Gasteiger partial charge is 0.247 e. The van der Waals surface area contributed by atoms with E-state index >= 15 is 0 Å². The molecule has 24 heavy (non-hydrogen) atoms. The van der Waals surface area contributed by atoms with Gasteiger partial charge in [0.1, 0.15) is 6.54 Å². The van der Waals surface area contributed by atoms with Crippen molar-refractivity contribution in [1.82, 2.24) is 0 Å². The van der Waals surface area contributed by atoms with Crippen LogP contribution in [0.1, 0.15) is 11.1 Å². The number of amides is 1. The van der Waals surface area contributed by atoms with Crippen LogP contribution in [-0.4, -0.2) is 34.2 Å². The molecule has 2 aromatic rings. The first-order valence-corrected chi connectivity index (χ1v) is 9.41. The highest BCUT2D eigenvalue weighted by atomic mass is 32.2. The summed E-state index contributed by atoms with van der Waals surface area (Å²) in [5.41, 5.74) is 3.26. The van der Waals surface area contributed by atoms with Crippen molar-refractivity contribution in [3.63, 3.8) is 0 Å². The molecule has 0 aliphatic rings. The largest absolute Gasteiger partial charge is 0.314 e. The second-order valence-corrected chi connectivity index (χ2v) is 7.73. The van der Waals surface area contributed by atoms with Gasteiger partial charge in [0, 0.05) is 12.7 Å². The van der Waals surface area contributed by atoms with Crippen LogP contribution in [0.5, 0.6) is 0 Å². The van der Waals surface area contributed by atoms with E-state index in [1.165, 1.54) is 4.90 Å². The third-order valence-corrected chi connectivity index (χ3v) is 5.12. The van der Waals surface area contributed by atoms with Crippen LogP contribution in [0, 0.1) is 13.8 Å². The van der Waals surface area contributed by atoms with Crippen molar-refractivity contribution in [2.24, 2.45) is 0 Å². The van der Waals surface area contributed by atoms with Crippen LogP contribution >= 0.6 is 0 Å². The number of carbonyl (C=O) groups excluding carboxylic acids is 1. The third kappa shape index (κ3) is 4.14. The van der Waals surface area contributed by atoms with E-state index in [9.17, 15) is 13.2 Å². The Morgan fingerprint density at radius 1 is 0.958 bits per heavy atom. The monoisotopic (exact) mass is 346 g/mol. The summed E-state index contributed by atoms with van der Waals surface area (Å²) in [7, 11) is -1.94. The molecule has 2 aromatic carbocycles. The molecule has 0 spiro atoms. The molecule has 0 radical (unpaired) electrons. The van der Waals surface area contributed by atoms with Crippen molar-refractivity contribution in [1.29, 1.82) is 0 Å². The topological polar surface area (TPSA) is 57.7 Å². The van der Waals surface area contributed by atoms with Crippen LogP contribution in [0.3, 0.4) is 0 Å². The standard InChI is InChI=1S/C18H22N2O3S/c1-14-10-11-17(12-15(14)2)20(24(4,22)23)13-18(21)19(3)16-8-6-5-7-9-16/h5-12H,13H2,1-4H3. The SMILES string of the molecule is Cc1ccc(N(CC(=O)N(C)c2ccccc2)S(C)(=O)=O)cc1C. The molecular weight excluding hydrogens is 324 g/mol. The highest BCUT2D eigenvalue weighted by molar-refractivity contribution is 7.92. The van der Waals surface area contributed by atoms with Gasteiger partial charge in [-0.05, 0) is 49.2 Å². The predicted octanol–water partition coefficient (Wildman–Crippen LogP) is 2.73. The van der Waals surface area contributed by atoms with Crippen LogP contribution < -0.4 is 9.21 Å². The fourth-order valence-electron chi connectivity index (χ4n) is 2.31. The van der Waals surface area contributed by atoms with Gasteiger partial charge < -0.3 is 4.90 Å². The van der Waals surface area contributed by atoms with Crippen molar-refractivity contribution >= 4 is 27.3 Å². The number of hydrogen-bond donors (Lipinski definition) is 0. The number of nitrogens with zero attached hydrogens (tertiary/aromatic N) is 2. The molecule has 0 saturated carbocycles. The van der Waals surface area contributed by atoms with Crippen molar-refractivity contribution < 1.29 is 13.2 Å². The minimum atomic E-state index is -3.57. The summed E-state index contributed by atoms with van der Waals surface area (Å²) in [4.78, 5) is 14.0. The zero-order valence-corrected chi connectivity index (χ0v) is 15.2. The Hall–Kier alpha value is -2.34. The number of carbonyl (C=O) groups is 1. The second-order valence-electron chi connectivity index (χ2n) is 5.83. The van der Waals surface area contributed by atoms with E-state index in [4.69, 9.17) is 0 Å². The molecular formula is C18H22N2O3S. The molecule has 0 N–H and O–H groups in total. The Kier molecular flexibility index (Phi) is 5.29. The lowest BCUT2D eigenvalue weighted by atomic mass is 10.1. The average molecular weight is 346 g/mol. The van der Waals surface area contributed by atoms with E-state index in [0.717, 1.165) is 27.4 Å². The fourth-order valence-corrected chi connectivity index (χ4v) is 3.15. The maximum Gasteiger partial charge on any atom is 0.247 e. The van der Waals surface area contributed by atoms with E-state index < -0.39 is 10.0 Å². The van der Waals surface area contributed by atoms with Gasteiger partial charge in [-0.15, -0.1) is 0 Å². The van der Waals surface area contributed by atoms with Crippen molar-refractivity contribution in [2.75, 3.05) is 29.1 Å². The van der Waals surface area contributed by atoms with Gasteiger partial charge in [-0.2, -0.15) is 0 Å². The van der Waals surface area contributed by atoms with Gasteiger partial charge in [0.25, 0.3) is 0 Å². The van der Waals surface area contributed by atoms with E-state index in [1.54, 1.807) is 31.3 Å². The third-order valence-electron chi connectivity index (χ3n) is 3.98. The number of likely N-dealkylation sites (N-methyl/N-ethyl adjacent to an activating group) is 1. The molecule has 6 heteroatoms. The minimum absolute atomic E-state index is 0.243. The van der Waals surface area contributed by atoms with Crippen molar-refractivity contribution in [3.05, 3.63) is 59.7 Å².